The van der Waals surface area contributed by atoms with Gasteiger partial charge >= 0.3 is 0 Å². The summed E-state index contributed by atoms with van der Waals surface area (Å²) in [5, 5.41) is 19.7. The molecule has 7 heteroatoms. The first-order chi connectivity index (χ1) is 10.1. The largest absolute Gasteiger partial charge is 0.395 e. The van der Waals surface area contributed by atoms with Crippen LogP contribution in [0.2, 0.25) is 0 Å². The van der Waals surface area contributed by atoms with Gasteiger partial charge in [0.05, 0.1) is 12.2 Å². The minimum atomic E-state index is -0.638. The van der Waals surface area contributed by atoms with E-state index in [1.165, 1.54) is 29.5 Å². The lowest BCUT2D eigenvalue weighted by molar-refractivity contribution is 0.102. The molecule has 0 aliphatic heterocycles. The van der Waals surface area contributed by atoms with Gasteiger partial charge < -0.3 is 5.11 Å². The first kappa shape index (κ1) is 15.1. The lowest BCUT2D eigenvalue weighted by Gasteiger charge is -2.03. The van der Waals surface area contributed by atoms with Gasteiger partial charge in [0.1, 0.15) is 10.8 Å². The number of nitrogens with one attached hydrogen (secondary N) is 1. The highest BCUT2D eigenvalue weighted by Crippen LogP contribution is 2.17. The van der Waals surface area contributed by atoms with E-state index in [2.05, 4.69) is 27.4 Å². The molecule has 1 aromatic heterocycles. The van der Waals surface area contributed by atoms with E-state index in [1.54, 1.807) is 6.92 Å². The Balaban J connectivity index is 2.20. The van der Waals surface area contributed by atoms with Gasteiger partial charge in [0.15, 0.2) is 0 Å². The van der Waals surface area contributed by atoms with Gasteiger partial charge in [-0.1, -0.05) is 23.2 Å². The highest BCUT2D eigenvalue weighted by molar-refractivity contribution is 7.15. The number of benzene rings is 1. The zero-order chi connectivity index (χ0) is 15.2. The SMILES string of the molecule is Cc1nnc(NC(=O)c2cc(C#CCCO)ccc2F)s1. The number of hydrogen-bond donors (Lipinski definition) is 2. The molecule has 2 N–H and O–H groups in total. The number of nitrogens with zero attached hydrogens (tertiary/aromatic N) is 2. The van der Waals surface area contributed by atoms with E-state index < -0.39 is 11.7 Å². The maximum absolute atomic E-state index is 13.7. The second kappa shape index (κ2) is 6.92. The molecule has 21 heavy (non-hydrogen) atoms. The summed E-state index contributed by atoms with van der Waals surface area (Å²) < 4.78 is 13.7. The molecule has 0 radical (unpaired) electrons. The van der Waals surface area contributed by atoms with Gasteiger partial charge in [-0.15, -0.1) is 10.2 Å². The molecular weight excluding hydrogens is 293 g/mol. The van der Waals surface area contributed by atoms with Gasteiger partial charge in [-0.25, -0.2) is 4.39 Å². The van der Waals surface area contributed by atoms with Crippen molar-refractivity contribution in [2.24, 2.45) is 0 Å². The fourth-order valence-corrected chi connectivity index (χ4v) is 2.10. The zero-order valence-corrected chi connectivity index (χ0v) is 12.0. The summed E-state index contributed by atoms with van der Waals surface area (Å²) in [6.07, 6.45) is 0.322. The minimum Gasteiger partial charge on any atom is -0.395 e. The standard InChI is InChI=1S/C14H12FN3O2S/c1-9-17-18-14(21-9)16-13(20)11-8-10(4-2-3-7-19)5-6-12(11)15/h5-6,8,19H,3,7H2,1H3,(H,16,18,20). The summed E-state index contributed by atoms with van der Waals surface area (Å²) in [5.41, 5.74) is 0.391. The maximum atomic E-state index is 13.7. The fraction of sp³-hybridized carbons (Fsp3) is 0.214. The third kappa shape index (κ3) is 4.08. The van der Waals surface area contributed by atoms with Crippen LogP contribution in [-0.2, 0) is 0 Å². The Kier molecular flexibility index (Phi) is 4.98. The van der Waals surface area contributed by atoms with E-state index in [1.807, 2.05) is 0 Å². The van der Waals surface area contributed by atoms with Crippen molar-refractivity contribution in [3.63, 3.8) is 0 Å². The van der Waals surface area contributed by atoms with Crippen molar-refractivity contribution in [1.29, 1.82) is 0 Å². The van der Waals surface area contributed by atoms with Crippen molar-refractivity contribution in [3.05, 3.63) is 40.2 Å². The highest BCUT2D eigenvalue weighted by atomic mass is 32.1. The van der Waals surface area contributed by atoms with Gasteiger partial charge in [0.2, 0.25) is 5.13 Å². The molecule has 1 amide bonds. The van der Waals surface area contributed by atoms with E-state index in [4.69, 9.17) is 5.11 Å². The lowest BCUT2D eigenvalue weighted by atomic mass is 10.1. The topological polar surface area (TPSA) is 75.1 Å². The summed E-state index contributed by atoms with van der Waals surface area (Å²) in [7, 11) is 0. The smallest absolute Gasteiger partial charge is 0.260 e. The molecule has 2 aromatic rings. The van der Waals surface area contributed by atoms with Crippen LogP contribution >= 0.6 is 11.3 Å². The summed E-state index contributed by atoms with van der Waals surface area (Å²) in [6.45, 7) is 1.71. The number of amides is 1. The summed E-state index contributed by atoms with van der Waals surface area (Å²) in [5.74, 6) is 4.23. The Morgan fingerprint density at radius 3 is 2.95 bits per heavy atom. The van der Waals surface area contributed by atoms with Crippen LogP contribution in [0.3, 0.4) is 0 Å². The first-order valence-electron chi connectivity index (χ1n) is 6.11. The van der Waals surface area contributed by atoms with Gasteiger partial charge in [-0.05, 0) is 25.1 Å². The molecule has 0 aliphatic rings. The van der Waals surface area contributed by atoms with Crippen LogP contribution in [0.5, 0.6) is 0 Å². The number of carbonyl (C=O) groups excluding carboxylic acids is 1. The van der Waals surface area contributed by atoms with Gasteiger partial charge in [-0.2, -0.15) is 0 Å². The molecule has 0 saturated carbocycles. The Morgan fingerprint density at radius 1 is 1.48 bits per heavy atom. The molecular formula is C14H12FN3O2S. The van der Waals surface area contributed by atoms with Crippen molar-refractivity contribution < 1.29 is 14.3 Å². The lowest BCUT2D eigenvalue weighted by Crippen LogP contribution is -2.13. The normalized spacial score (nSPS) is 9.86. The number of aryl methyl sites for hydroxylation is 1. The summed E-state index contributed by atoms with van der Waals surface area (Å²) in [6, 6.07) is 4.03. The summed E-state index contributed by atoms with van der Waals surface area (Å²) in [4.78, 5) is 12.0. The molecule has 0 unspecified atom stereocenters. The number of halogens is 1. The average molecular weight is 305 g/mol. The molecule has 0 saturated heterocycles. The van der Waals surface area contributed by atoms with Crippen LogP contribution in [0.1, 0.15) is 27.3 Å². The molecule has 0 bridgehead atoms. The van der Waals surface area contributed by atoms with Crippen LogP contribution in [-0.4, -0.2) is 27.8 Å². The van der Waals surface area contributed by atoms with Crippen LogP contribution in [0, 0.1) is 24.6 Å². The number of hydrogen-bond acceptors (Lipinski definition) is 5. The van der Waals surface area contributed by atoms with Crippen LogP contribution < -0.4 is 5.32 Å². The Morgan fingerprint density at radius 2 is 2.29 bits per heavy atom. The van der Waals surface area contributed by atoms with Crippen LogP contribution in [0.15, 0.2) is 18.2 Å². The van der Waals surface area contributed by atoms with Crippen molar-refractivity contribution in [2.75, 3.05) is 11.9 Å². The fourth-order valence-electron chi connectivity index (χ4n) is 1.51. The average Bonchev–Trinajstić information content (AvgIpc) is 2.86. The van der Waals surface area contributed by atoms with Gasteiger partial charge in [0, 0.05) is 12.0 Å². The van der Waals surface area contributed by atoms with E-state index >= 15 is 0 Å². The summed E-state index contributed by atoms with van der Waals surface area (Å²) >= 11 is 1.21. The van der Waals surface area contributed by atoms with E-state index in [0.29, 0.717) is 22.1 Å². The van der Waals surface area contributed by atoms with Crippen molar-refractivity contribution >= 4 is 22.4 Å². The van der Waals surface area contributed by atoms with Crippen LogP contribution in [0.4, 0.5) is 9.52 Å². The molecule has 1 heterocycles. The van der Waals surface area contributed by atoms with E-state index in [-0.39, 0.29) is 12.2 Å². The maximum Gasteiger partial charge on any atom is 0.260 e. The third-order valence-electron chi connectivity index (χ3n) is 2.43. The molecule has 0 spiro atoms. The van der Waals surface area contributed by atoms with E-state index in [9.17, 15) is 9.18 Å². The number of anilines is 1. The second-order valence-electron chi connectivity index (χ2n) is 4.05. The Bertz CT molecular complexity index is 718. The molecule has 0 aliphatic carbocycles. The minimum absolute atomic E-state index is 0.0437. The first-order valence-corrected chi connectivity index (χ1v) is 6.92. The predicted molar refractivity (Wildman–Crippen MR) is 77.6 cm³/mol. The number of aromatic nitrogens is 2. The van der Waals surface area contributed by atoms with Crippen molar-refractivity contribution in [1.82, 2.24) is 10.2 Å². The molecule has 1 aromatic carbocycles. The second-order valence-corrected chi connectivity index (χ2v) is 5.23. The number of aliphatic hydroxyl groups is 1. The van der Waals surface area contributed by atoms with E-state index in [0.717, 1.165) is 0 Å². The molecule has 0 atom stereocenters. The van der Waals surface area contributed by atoms with Crippen LogP contribution in [0.25, 0.3) is 0 Å². The third-order valence-corrected chi connectivity index (χ3v) is 3.18. The Hall–Kier alpha value is -2.30. The van der Waals surface area contributed by atoms with Crippen molar-refractivity contribution in [2.45, 2.75) is 13.3 Å². The number of aliphatic hydroxyl groups excluding tert-OH is 1. The molecule has 0 fully saturated rings. The quantitative estimate of drug-likeness (QED) is 0.850. The number of carbonyl (C=O) groups is 1. The molecule has 108 valence electrons. The predicted octanol–water partition coefficient (Wildman–Crippen LogP) is 1.97. The zero-order valence-electron chi connectivity index (χ0n) is 11.2. The molecule has 5 nitrogen and oxygen atoms in total. The van der Waals surface area contributed by atoms with Crippen molar-refractivity contribution in [3.8, 4) is 11.8 Å². The number of rotatable bonds is 3. The monoisotopic (exact) mass is 305 g/mol. The molecule has 2 rings (SSSR count). The van der Waals surface area contributed by atoms with Gasteiger partial charge in [0.25, 0.3) is 5.91 Å². The highest BCUT2D eigenvalue weighted by Gasteiger charge is 2.14. The van der Waals surface area contributed by atoms with Gasteiger partial charge in [-0.3, -0.25) is 10.1 Å². The Labute approximate surface area is 124 Å².